The summed E-state index contributed by atoms with van der Waals surface area (Å²) in [7, 11) is 0. The minimum Gasteiger partial charge on any atom is -0.265 e. The molecule has 1 rings (SSSR count). The minimum atomic E-state index is -0.336. The van der Waals surface area contributed by atoms with Crippen LogP contribution >= 0.6 is 0 Å². The topological polar surface area (TPSA) is 43.1 Å². The fraction of sp³-hybridized carbons (Fsp3) is 0.400. The Morgan fingerprint density at radius 2 is 2.00 bits per heavy atom. The first-order valence-corrected chi connectivity index (χ1v) is 4.50. The zero-order chi connectivity index (χ0) is 10.6. The lowest BCUT2D eigenvalue weighted by molar-refractivity contribution is -0.483. The SMILES string of the molecule is CCC(C[N+](=O)[O-])c1ccc(F)cc1. The third kappa shape index (κ3) is 2.80. The Labute approximate surface area is 81.7 Å². The fourth-order valence-electron chi connectivity index (χ4n) is 1.39. The minimum absolute atomic E-state index is 0.0951. The molecule has 0 N–H and O–H groups in total. The highest BCUT2D eigenvalue weighted by atomic mass is 19.1. The molecule has 0 heterocycles. The summed E-state index contributed by atoms with van der Waals surface area (Å²) < 4.78 is 12.6. The molecule has 0 fully saturated rings. The molecule has 0 aromatic heterocycles. The van der Waals surface area contributed by atoms with E-state index in [4.69, 9.17) is 0 Å². The van der Waals surface area contributed by atoms with Gasteiger partial charge in [-0.3, -0.25) is 10.1 Å². The molecule has 0 amide bonds. The van der Waals surface area contributed by atoms with E-state index in [0.717, 1.165) is 5.56 Å². The zero-order valence-corrected chi connectivity index (χ0v) is 7.94. The van der Waals surface area contributed by atoms with Crippen LogP contribution in [-0.2, 0) is 0 Å². The lowest BCUT2D eigenvalue weighted by atomic mass is 9.97. The maximum absolute atomic E-state index is 12.6. The molecule has 0 radical (unpaired) electrons. The van der Waals surface area contributed by atoms with Crippen molar-refractivity contribution in [2.45, 2.75) is 19.3 Å². The van der Waals surface area contributed by atoms with Gasteiger partial charge in [0.15, 0.2) is 0 Å². The molecule has 14 heavy (non-hydrogen) atoms. The lowest BCUT2D eigenvalue weighted by Gasteiger charge is -2.09. The number of nitro groups is 1. The van der Waals surface area contributed by atoms with E-state index in [1.54, 1.807) is 12.1 Å². The Bertz CT molecular complexity index is 310. The van der Waals surface area contributed by atoms with E-state index < -0.39 is 0 Å². The van der Waals surface area contributed by atoms with Gasteiger partial charge in [-0.15, -0.1) is 0 Å². The smallest absolute Gasteiger partial charge is 0.210 e. The summed E-state index contributed by atoms with van der Waals surface area (Å²) in [6.45, 7) is 1.79. The van der Waals surface area contributed by atoms with Gasteiger partial charge in [-0.1, -0.05) is 19.1 Å². The molecule has 1 unspecified atom stereocenters. The number of nitrogens with zero attached hydrogens (tertiary/aromatic N) is 1. The molecule has 0 aliphatic rings. The molecule has 1 aromatic rings. The summed E-state index contributed by atoms with van der Waals surface area (Å²) in [6, 6.07) is 5.87. The summed E-state index contributed by atoms with van der Waals surface area (Å²) in [5.74, 6) is -0.435. The van der Waals surface area contributed by atoms with Gasteiger partial charge in [-0.2, -0.15) is 0 Å². The number of halogens is 1. The van der Waals surface area contributed by atoms with E-state index in [2.05, 4.69) is 0 Å². The van der Waals surface area contributed by atoms with Crippen LogP contribution in [0.3, 0.4) is 0 Å². The summed E-state index contributed by atoms with van der Waals surface area (Å²) in [5, 5.41) is 10.3. The van der Waals surface area contributed by atoms with Crippen molar-refractivity contribution in [1.29, 1.82) is 0 Å². The predicted molar refractivity (Wildman–Crippen MR) is 51.3 cm³/mol. The van der Waals surface area contributed by atoms with Crippen LogP contribution in [0.2, 0.25) is 0 Å². The molecular formula is C10H12FNO2. The lowest BCUT2D eigenvalue weighted by Crippen LogP contribution is -2.11. The number of benzene rings is 1. The van der Waals surface area contributed by atoms with E-state index >= 15 is 0 Å². The van der Waals surface area contributed by atoms with E-state index in [1.165, 1.54) is 12.1 Å². The molecule has 0 saturated heterocycles. The second-order valence-corrected chi connectivity index (χ2v) is 3.17. The van der Waals surface area contributed by atoms with Gasteiger partial charge in [0.1, 0.15) is 5.82 Å². The molecule has 3 nitrogen and oxygen atoms in total. The highest BCUT2D eigenvalue weighted by molar-refractivity contribution is 5.20. The van der Waals surface area contributed by atoms with Crippen molar-refractivity contribution in [3.8, 4) is 0 Å². The van der Waals surface area contributed by atoms with Crippen molar-refractivity contribution in [3.05, 3.63) is 45.8 Å². The average Bonchev–Trinajstić information content (AvgIpc) is 2.15. The largest absolute Gasteiger partial charge is 0.265 e. The normalized spacial score (nSPS) is 12.4. The molecule has 0 aliphatic heterocycles. The van der Waals surface area contributed by atoms with E-state index in [1.807, 2.05) is 6.92 Å². The number of hydrogen-bond acceptors (Lipinski definition) is 2. The van der Waals surface area contributed by atoms with Crippen LogP contribution in [-0.4, -0.2) is 11.5 Å². The second-order valence-electron chi connectivity index (χ2n) is 3.17. The van der Waals surface area contributed by atoms with Gasteiger partial charge in [0.05, 0.1) is 0 Å². The second kappa shape index (κ2) is 4.69. The van der Waals surface area contributed by atoms with Crippen LogP contribution in [0.5, 0.6) is 0 Å². The third-order valence-corrected chi connectivity index (χ3v) is 2.20. The summed E-state index contributed by atoms with van der Waals surface area (Å²) in [5.41, 5.74) is 0.825. The van der Waals surface area contributed by atoms with Crippen LogP contribution in [0.4, 0.5) is 4.39 Å². The van der Waals surface area contributed by atoms with Crippen molar-refractivity contribution >= 4 is 0 Å². The van der Waals surface area contributed by atoms with Gasteiger partial charge in [0.25, 0.3) is 0 Å². The van der Waals surface area contributed by atoms with Crippen molar-refractivity contribution in [1.82, 2.24) is 0 Å². The van der Waals surface area contributed by atoms with Crippen molar-refractivity contribution in [3.63, 3.8) is 0 Å². The Morgan fingerprint density at radius 1 is 1.43 bits per heavy atom. The van der Waals surface area contributed by atoms with Crippen molar-refractivity contribution in [2.24, 2.45) is 0 Å². The van der Waals surface area contributed by atoms with E-state index in [9.17, 15) is 14.5 Å². The van der Waals surface area contributed by atoms with Crippen LogP contribution in [0, 0.1) is 15.9 Å². The fourth-order valence-corrected chi connectivity index (χ4v) is 1.39. The van der Waals surface area contributed by atoms with Crippen LogP contribution in [0.25, 0.3) is 0 Å². The van der Waals surface area contributed by atoms with Gasteiger partial charge in [0.2, 0.25) is 6.54 Å². The maximum atomic E-state index is 12.6. The number of rotatable bonds is 4. The molecule has 76 valence electrons. The molecular weight excluding hydrogens is 185 g/mol. The number of hydrogen-bond donors (Lipinski definition) is 0. The quantitative estimate of drug-likeness (QED) is 0.550. The monoisotopic (exact) mass is 197 g/mol. The highest BCUT2D eigenvalue weighted by Crippen LogP contribution is 2.19. The van der Waals surface area contributed by atoms with Gasteiger partial charge in [-0.25, -0.2) is 4.39 Å². The van der Waals surface area contributed by atoms with Crippen molar-refractivity contribution in [2.75, 3.05) is 6.54 Å². The Morgan fingerprint density at radius 3 is 2.43 bits per heavy atom. The maximum Gasteiger partial charge on any atom is 0.210 e. The summed E-state index contributed by atoms with van der Waals surface area (Å²) in [6.07, 6.45) is 0.687. The first-order valence-electron chi connectivity index (χ1n) is 4.50. The third-order valence-electron chi connectivity index (χ3n) is 2.20. The van der Waals surface area contributed by atoms with Gasteiger partial charge < -0.3 is 0 Å². The van der Waals surface area contributed by atoms with E-state index in [-0.39, 0.29) is 23.2 Å². The molecule has 1 atom stereocenters. The first-order chi connectivity index (χ1) is 6.63. The van der Waals surface area contributed by atoms with Gasteiger partial charge >= 0.3 is 0 Å². The Balaban J connectivity index is 2.78. The Hall–Kier alpha value is -1.45. The molecule has 4 heteroatoms. The molecule has 0 spiro atoms. The predicted octanol–water partition coefficient (Wildman–Crippen LogP) is 2.60. The van der Waals surface area contributed by atoms with E-state index in [0.29, 0.717) is 6.42 Å². The summed E-state index contributed by atoms with van der Waals surface area (Å²) >= 11 is 0. The van der Waals surface area contributed by atoms with Gasteiger partial charge in [0, 0.05) is 10.8 Å². The van der Waals surface area contributed by atoms with Crippen LogP contribution in [0.1, 0.15) is 24.8 Å². The molecule has 0 aliphatic carbocycles. The Kier molecular flexibility index (Phi) is 3.56. The molecule has 0 saturated carbocycles. The summed E-state index contributed by atoms with van der Waals surface area (Å²) in [4.78, 5) is 10.0. The van der Waals surface area contributed by atoms with Gasteiger partial charge in [-0.05, 0) is 24.1 Å². The molecule has 1 aromatic carbocycles. The standard InChI is InChI=1S/C10H12FNO2/c1-2-8(7-12(13)14)9-3-5-10(11)6-4-9/h3-6,8H,2,7H2,1H3. The average molecular weight is 197 g/mol. The zero-order valence-electron chi connectivity index (χ0n) is 7.94. The first kappa shape index (κ1) is 10.6. The molecule has 0 bridgehead atoms. The van der Waals surface area contributed by atoms with Crippen LogP contribution < -0.4 is 0 Å². The van der Waals surface area contributed by atoms with Crippen molar-refractivity contribution < 1.29 is 9.31 Å². The highest BCUT2D eigenvalue weighted by Gasteiger charge is 2.15. The van der Waals surface area contributed by atoms with Crippen LogP contribution in [0.15, 0.2) is 24.3 Å².